The number of methoxy groups -OCH3 is 1. The summed E-state index contributed by atoms with van der Waals surface area (Å²) in [5, 5.41) is 0. The van der Waals surface area contributed by atoms with Crippen LogP contribution in [0.15, 0.2) is 48.7 Å². The molecule has 144 valence electrons. The normalized spacial score (nSPS) is 14.2. The van der Waals surface area contributed by atoms with E-state index >= 15 is 0 Å². The SMILES string of the molecule is COc1cccc(N2CCN(C(=O)c3snc(-c4ccccn4)c3N)CC2)c1. The first kappa shape index (κ1) is 18.2. The molecule has 0 aliphatic carbocycles. The van der Waals surface area contributed by atoms with Crippen LogP contribution >= 0.6 is 11.5 Å². The smallest absolute Gasteiger partial charge is 0.267 e. The number of carbonyl (C=O) groups excluding carboxylic acids is 1. The summed E-state index contributed by atoms with van der Waals surface area (Å²) in [5.74, 6) is 0.762. The monoisotopic (exact) mass is 395 g/mol. The van der Waals surface area contributed by atoms with Gasteiger partial charge in [0.1, 0.15) is 16.3 Å². The Labute approximate surface area is 167 Å². The number of rotatable bonds is 4. The van der Waals surface area contributed by atoms with Gasteiger partial charge in [-0.2, -0.15) is 4.37 Å². The highest BCUT2D eigenvalue weighted by Gasteiger charge is 2.27. The van der Waals surface area contributed by atoms with Gasteiger partial charge in [-0.3, -0.25) is 9.78 Å². The molecule has 7 nitrogen and oxygen atoms in total. The van der Waals surface area contributed by atoms with Gasteiger partial charge in [0.25, 0.3) is 5.91 Å². The van der Waals surface area contributed by atoms with Crippen molar-refractivity contribution in [3.63, 3.8) is 0 Å². The fraction of sp³-hybridized carbons (Fsp3) is 0.250. The van der Waals surface area contributed by atoms with E-state index in [1.165, 1.54) is 0 Å². The van der Waals surface area contributed by atoms with E-state index in [1.807, 2.05) is 41.3 Å². The highest BCUT2D eigenvalue weighted by atomic mass is 32.1. The third kappa shape index (κ3) is 3.50. The average Bonchev–Trinajstić information content (AvgIpc) is 3.15. The summed E-state index contributed by atoms with van der Waals surface area (Å²) >= 11 is 1.14. The zero-order valence-corrected chi connectivity index (χ0v) is 16.4. The van der Waals surface area contributed by atoms with Crippen molar-refractivity contribution in [3.05, 3.63) is 53.5 Å². The quantitative estimate of drug-likeness (QED) is 0.731. The molecule has 1 amide bonds. The van der Waals surface area contributed by atoms with Crippen LogP contribution in [0.25, 0.3) is 11.4 Å². The summed E-state index contributed by atoms with van der Waals surface area (Å²) in [5.41, 5.74) is 8.99. The molecule has 1 saturated heterocycles. The molecule has 1 aliphatic rings. The molecule has 0 unspecified atom stereocenters. The lowest BCUT2D eigenvalue weighted by Crippen LogP contribution is -2.48. The molecular formula is C20H21N5O2S. The first-order valence-electron chi connectivity index (χ1n) is 9.02. The van der Waals surface area contributed by atoms with Gasteiger partial charge in [-0.05, 0) is 35.8 Å². The third-order valence-electron chi connectivity index (χ3n) is 4.82. The standard InChI is InChI=1S/C20H21N5O2S/c1-27-15-6-4-5-14(13-15)24-9-11-25(12-10-24)20(26)19-17(21)18(23-28-19)16-7-2-3-8-22-16/h2-8,13H,9-12,21H2,1H3. The van der Waals surface area contributed by atoms with Gasteiger partial charge in [0, 0.05) is 44.1 Å². The molecular weight excluding hydrogens is 374 g/mol. The maximum atomic E-state index is 13.0. The number of anilines is 2. The summed E-state index contributed by atoms with van der Waals surface area (Å²) in [6.45, 7) is 2.77. The lowest BCUT2D eigenvalue weighted by molar-refractivity contribution is 0.0752. The Bertz CT molecular complexity index is 968. The maximum Gasteiger partial charge on any atom is 0.267 e. The number of aromatic nitrogens is 2. The van der Waals surface area contributed by atoms with Gasteiger partial charge < -0.3 is 20.3 Å². The van der Waals surface area contributed by atoms with Crippen molar-refractivity contribution >= 4 is 28.8 Å². The van der Waals surface area contributed by atoms with Crippen molar-refractivity contribution in [2.75, 3.05) is 43.9 Å². The molecule has 1 aliphatic heterocycles. The Balaban J connectivity index is 1.45. The zero-order valence-electron chi connectivity index (χ0n) is 15.5. The Morgan fingerprint density at radius 2 is 1.96 bits per heavy atom. The fourth-order valence-corrected chi connectivity index (χ4v) is 4.03. The molecule has 28 heavy (non-hydrogen) atoms. The van der Waals surface area contributed by atoms with E-state index in [9.17, 15) is 4.79 Å². The molecule has 0 spiro atoms. The van der Waals surface area contributed by atoms with Gasteiger partial charge in [-0.1, -0.05) is 12.1 Å². The number of hydrogen-bond donors (Lipinski definition) is 1. The number of nitrogens with zero attached hydrogens (tertiary/aromatic N) is 4. The molecule has 3 heterocycles. The van der Waals surface area contributed by atoms with Crippen LogP contribution in [0, 0.1) is 0 Å². The van der Waals surface area contributed by atoms with Gasteiger partial charge in [0.2, 0.25) is 0 Å². The van der Waals surface area contributed by atoms with Crippen LogP contribution in [0.4, 0.5) is 11.4 Å². The number of nitrogens with two attached hydrogens (primary N) is 1. The summed E-state index contributed by atoms with van der Waals surface area (Å²) in [6.07, 6.45) is 1.69. The van der Waals surface area contributed by atoms with Gasteiger partial charge in [-0.15, -0.1) is 0 Å². The van der Waals surface area contributed by atoms with Crippen molar-refractivity contribution in [1.82, 2.24) is 14.3 Å². The Morgan fingerprint density at radius 1 is 1.14 bits per heavy atom. The van der Waals surface area contributed by atoms with Crippen LogP contribution in [-0.4, -0.2) is 53.5 Å². The highest BCUT2D eigenvalue weighted by Crippen LogP contribution is 2.31. The first-order chi connectivity index (χ1) is 13.7. The molecule has 4 rings (SSSR count). The van der Waals surface area contributed by atoms with Crippen molar-refractivity contribution in [1.29, 1.82) is 0 Å². The highest BCUT2D eigenvalue weighted by molar-refractivity contribution is 7.09. The Morgan fingerprint density at radius 3 is 2.68 bits per heavy atom. The number of carbonyl (C=O) groups is 1. The number of amides is 1. The summed E-state index contributed by atoms with van der Waals surface area (Å²) in [4.78, 5) is 21.8. The lowest BCUT2D eigenvalue weighted by Gasteiger charge is -2.36. The predicted octanol–water partition coefficient (Wildman–Crippen LogP) is 2.76. The summed E-state index contributed by atoms with van der Waals surface area (Å²) in [6, 6.07) is 13.5. The van der Waals surface area contributed by atoms with Crippen molar-refractivity contribution < 1.29 is 9.53 Å². The number of piperazine rings is 1. The minimum atomic E-state index is -0.0672. The number of pyridine rings is 1. The molecule has 8 heteroatoms. The molecule has 2 aromatic heterocycles. The number of hydrogen-bond acceptors (Lipinski definition) is 7. The minimum Gasteiger partial charge on any atom is -0.497 e. The number of ether oxygens (including phenoxy) is 1. The third-order valence-corrected chi connectivity index (χ3v) is 5.67. The molecule has 0 saturated carbocycles. The molecule has 1 aromatic carbocycles. The second kappa shape index (κ2) is 7.85. The first-order valence-corrected chi connectivity index (χ1v) is 9.79. The lowest BCUT2D eigenvalue weighted by atomic mass is 10.2. The minimum absolute atomic E-state index is 0.0672. The van der Waals surface area contributed by atoms with Gasteiger partial charge >= 0.3 is 0 Å². The van der Waals surface area contributed by atoms with Crippen molar-refractivity contribution in [2.45, 2.75) is 0 Å². The average molecular weight is 395 g/mol. The largest absolute Gasteiger partial charge is 0.497 e. The van der Waals surface area contributed by atoms with E-state index in [2.05, 4.69) is 20.3 Å². The molecule has 0 atom stereocenters. The Hall–Kier alpha value is -3.13. The molecule has 0 radical (unpaired) electrons. The van der Waals surface area contributed by atoms with Gasteiger partial charge in [0.15, 0.2) is 0 Å². The topological polar surface area (TPSA) is 84.6 Å². The second-order valence-electron chi connectivity index (χ2n) is 6.47. The number of benzene rings is 1. The predicted molar refractivity (Wildman–Crippen MR) is 111 cm³/mol. The van der Waals surface area contributed by atoms with Gasteiger partial charge in [0.05, 0.1) is 18.5 Å². The van der Waals surface area contributed by atoms with Crippen molar-refractivity contribution in [2.24, 2.45) is 0 Å². The van der Waals surface area contributed by atoms with Crippen molar-refractivity contribution in [3.8, 4) is 17.1 Å². The number of nitrogen functional groups attached to an aromatic ring is 1. The second-order valence-corrected chi connectivity index (χ2v) is 7.24. The summed E-state index contributed by atoms with van der Waals surface area (Å²) < 4.78 is 9.66. The maximum absolute atomic E-state index is 13.0. The van der Waals surface area contributed by atoms with Crippen LogP contribution in [-0.2, 0) is 0 Å². The van der Waals surface area contributed by atoms with E-state index in [4.69, 9.17) is 10.5 Å². The summed E-state index contributed by atoms with van der Waals surface area (Å²) in [7, 11) is 1.66. The fourth-order valence-electron chi connectivity index (χ4n) is 3.26. The van der Waals surface area contributed by atoms with Crippen LogP contribution in [0.3, 0.4) is 0 Å². The van der Waals surface area contributed by atoms with Gasteiger partial charge in [-0.25, -0.2) is 0 Å². The molecule has 2 N–H and O–H groups in total. The van der Waals surface area contributed by atoms with Crippen LogP contribution < -0.4 is 15.4 Å². The molecule has 3 aromatic rings. The Kier molecular flexibility index (Phi) is 5.12. The molecule has 0 bridgehead atoms. The van der Waals surface area contributed by atoms with E-state index in [0.717, 1.165) is 36.1 Å². The van der Waals surface area contributed by atoms with E-state index < -0.39 is 0 Å². The van der Waals surface area contributed by atoms with Crippen LogP contribution in [0.2, 0.25) is 0 Å². The van der Waals surface area contributed by atoms with E-state index in [1.54, 1.807) is 13.3 Å². The zero-order chi connectivity index (χ0) is 19.5. The van der Waals surface area contributed by atoms with Crippen LogP contribution in [0.5, 0.6) is 5.75 Å². The molecule has 1 fully saturated rings. The van der Waals surface area contributed by atoms with E-state index in [-0.39, 0.29) is 5.91 Å². The van der Waals surface area contributed by atoms with E-state index in [0.29, 0.717) is 35.0 Å². The van der Waals surface area contributed by atoms with Crippen LogP contribution in [0.1, 0.15) is 9.67 Å².